The van der Waals surface area contributed by atoms with Crippen molar-refractivity contribution >= 4 is 5.97 Å². The van der Waals surface area contributed by atoms with Gasteiger partial charge in [0.05, 0.1) is 0 Å². The first-order valence-electron chi connectivity index (χ1n) is 7.15. The maximum absolute atomic E-state index is 11.8. The molecule has 1 aromatic carbocycles. The number of aryl methyl sites for hydroxylation is 1. The van der Waals surface area contributed by atoms with Crippen LogP contribution < -0.4 is 10.1 Å². The summed E-state index contributed by atoms with van der Waals surface area (Å²) < 4.78 is 5.82. The van der Waals surface area contributed by atoms with Crippen molar-refractivity contribution in [3.8, 4) is 5.75 Å². The van der Waals surface area contributed by atoms with Crippen LogP contribution in [0.4, 0.5) is 0 Å². The second kappa shape index (κ2) is 5.83. The Morgan fingerprint density at radius 2 is 2.10 bits per heavy atom. The van der Waals surface area contributed by atoms with Crippen LogP contribution in [0.5, 0.6) is 5.75 Å². The topological polar surface area (TPSA) is 58.6 Å². The fourth-order valence-electron chi connectivity index (χ4n) is 2.58. The summed E-state index contributed by atoms with van der Waals surface area (Å²) in [5.41, 5.74) is 0.0447. The Morgan fingerprint density at radius 1 is 1.45 bits per heavy atom. The van der Waals surface area contributed by atoms with E-state index in [2.05, 4.69) is 5.32 Å². The van der Waals surface area contributed by atoms with Gasteiger partial charge in [-0.2, -0.15) is 0 Å². The highest BCUT2D eigenvalue weighted by atomic mass is 16.5. The maximum atomic E-state index is 11.8. The van der Waals surface area contributed by atoms with Gasteiger partial charge in [-0.15, -0.1) is 0 Å². The van der Waals surface area contributed by atoms with Crippen molar-refractivity contribution in [2.75, 3.05) is 6.61 Å². The van der Waals surface area contributed by atoms with Crippen molar-refractivity contribution in [1.29, 1.82) is 0 Å². The van der Waals surface area contributed by atoms with Gasteiger partial charge in [-0.3, -0.25) is 10.1 Å². The molecule has 0 saturated heterocycles. The first-order valence-corrected chi connectivity index (χ1v) is 7.15. The Balaban J connectivity index is 2.15. The Morgan fingerprint density at radius 3 is 2.60 bits per heavy atom. The number of carbonyl (C=O) groups is 1. The van der Waals surface area contributed by atoms with E-state index in [1.54, 1.807) is 0 Å². The van der Waals surface area contributed by atoms with Gasteiger partial charge in [0.25, 0.3) is 0 Å². The number of hydrogen-bond acceptors (Lipinski definition) is 3. The third-order valence-electron chi connectivity index (χ3n) is 3.75. The maximum Gasteiger partial charge on any atom is 0.327 e. The Bertz CT molecular complexity index is 482. The molecule has 1 aliphatic rings. The van der Waals surface area contributed by atoms with Gasteiger partial charge in [-0.05, 0) is 51.2 Å². The quantitative estimate of drug-likeness (QED) is 0.804. The summed E-state index contributed by atoms with van der Waals surface area (Å²) in [4.78, 5) is 11.8. The minimum Gasteiger partial charge on any atom is -0.491 e. The van der Waals surface area contributed by atoms with E-state index >= 15 is 0 Å². The molecule has 1 unspecified atom stereocenters. The van der Waals surface area contributed by atoms with Crippen molar-refractivity contribution in [1.82, 2.24) is 5.32 Å². The van der Waals surface area contributed by atoms with E-state index in [0.717, 1.165) is 24.2 Å². The normalized spacial score (nSPS) is 17.8. The zero-order valence-corrected chi connectivity index (χ0v) is 12.3. The van der Waals surface area contributed by atoms with E-state index in [1.165, 1.54) is 0 Å². The highest BCUT2D eigenvalue weighted by Gasteiger charge is 2.52. The van der Waals surface area contributed by atoms with Gasteiger partial charge < -0.3 is 9.84 Å². The average molecular weight is 277 g/mol. The number of carboxylic acid groups (broad SMARTS) is 1. The molecule has 0 radical (unpaired) electrons. The predicted octanol–water partition coefficient (Wildman–Crippen LogP) is 2.61. The Hall–Kier alpha value is -1.55. The van der Waals surface area contributed by atoms with Crippen LogP contribution in [-0.2, 0) is 4.79 Å². The van der Waals surface area contributed by atoms with Crippen molar-refractivity contribution < 1.29 is 14.6 Å². The molecule has 0 amide bonds. The first kappa shape index (κ1) is 14.9. The second-order valence-electron chi connectivity index (χ2n) is 5.90. The summed E-state index contributed by atoms with van der Waals surface area (Å²) >= 11 is 0. The summed E-state index contributed by atoms with van der Waals surface area (Å²) in [5.74, 6) is 0.0954. The number of rotatable bonds is 7. The fraction of sp³-hybridized carbons (Fsp3) is 0.562. The largest absolute Gasteiger partial charge is 0.491 e. The van der Waals surface area contributed by atoms with Gasteiger partial charge in [-0.1, -0.05) is 18.2 Å². The van der Waals surface area contributed by atoms with Gasteiger partial charge in [0, 0.05) is 6.04 Å². The molecule has 0 bridgehead atoms. The third-order valence-corrected chi connectivity index (χ3v) is 3.75. The van der Waals surface area contributed by atoms with Crippen LogP contribution in [0.3, 0.4) is 0 Å². The number of hydrogen-bond donors (Lipinski definition) is 2. The van der Waals surface area contributed by atoms with E-state index in [1.807, 2.05) is 45.0 Å². The van der Waals surface area contributed by atoms with Crippen LogP contribution in [0.15, 0.2) is 24.3 Å². The Labute approximate surface area is 120 Å². The van der Waals surface area contributed by atoms with Crippen molar-refractivity contribution in [2.24, 2.45) is 5.92 Å². The molecule has 2 N–H and O–H groups in total. The summed E-state index contributed by atoms with van der Waals surface area (Å²) in [6.07, 6.45) is 1.90. The SMILES string of the molecule is Cc1ccccc1OCC(NC(C)C)(C(=O)O)C1CC1. The van der Waals surface area contributed by atoms with E-state index in [4.69, 9.17) is 4.74 Å². The average Bonchev–Trinajstić information content (AvgIpc) is 3.20. The highest BCUT2D eigenvalue weighted by Crippen LogP contribution is 2.40. The van der Waals surface area contributed by atoms with Crippen LogP contribution in [0, 0.1) is 12.8 Å². The summed E-state index contributed by atoms with van der Waals surface area (Å²) in [5, 5.41) is 12.9. The van der Waals surface area contributed by atoms with Crippen molar-refractivity contribution in [3.63, 3.8) is 0 Å². The zero-order chi connectivity index (χ0) is 14.8. The number of carboxylic acids is 1. The van der Waals surface area contributed by atoms with E-state index < -0.39 is 11.5 Å². The van der Waals surface area contributed by atoms with E-state index in [-0.39, 0.29) is 18.6 Å². The van der Waals surface area contributed by atoms with E-state index in [9.17, 15) is 9.90 Å². The molecule has 110 valence electrons. The summed E-state index contributed by atoms with van der Waals surface area (Å²) in [6.45, 7) is 6.06. The molecular weight excluding hydrogens is 254 g/mol. The molecule has 4 nitrogen and oxygen atoms in total. The summed E-state index contributed by atoms with van der Waals surface area (Å²) in [7, 11) is 0. The van der Waals surface area contributed by atoms with Crippen molar-refractivity contribution in [2.45, 2.75) is 45.2 Å². The third kappa shape index (κ3) is 3.12. The van der Waals surface area contributed by atoms with Crippen LogP contribution in [0.1, 0.15) is 32.3 Å². The molecule has 0 heterocycles. The standard InChI is InChI=1S/C16H23NO3/c1-11(2)17-16(15(18)19,13-8-9-13)10-20-14-7-5-4-6-12(14)3/h4-7,11,13,17H,8-10H2,1-3H3,(H,18,19). The molecule has 0 aromatic heterocycles. The number of benzene rings is 1. The van der Waals surface area contributed by atoms with Gasteiger partial charge in [-0.25, -0.2) is 0 Å². The molecule has 20 heavy (non-hydrogen) atoms. The predicted molar refractivity (Wildman–Crippen MR) is 78.0 cm³/mol. The molecule has 1 fully saturated rings. The molecule has 1 saturated carbocycles. The minimum atomic E-state index is -0.976. The highest BCUT2D eigenvalue weighted by molar-refractivity contribution is 5.80. The van der Waals surface area contributed by atoms with Crippen LogP contribution >= 0.6 is 0 Å². The summed E-state index contributed by atoms with van der Waals surface area (Å²) in [6, 6.07) is 7.79. The lowest BCUT2D eigenvalue weighted by Gasteiger charge is -2.32. The number of nitrogens with one attached hydrogen (secondary N) is 1. The molecule has 1 aromatic rings. The van der Waals surface area contributed by atoms with Crippen LogP contribution in [0.2, 0.25) is 0 Å². The molecular formula is C16H23NO3. The van der Waals surface area contributed by atoms with Crippen LogP contribution in [0.25, 0.3) is 0 Å². The minimum absolute atomic E-state index is 0.104. The molecule has 0 spiro atoms. The monoisotopic (exact) mass is 277 g/mol. The lowest BCUT2D eigenvalue weighted by molar-refractivity contribution is -0.148. The van der Waals surface area contributed by atoms with Gasteiger partial charge in [0.2, 0.25) is 0 Å². The lowest BCUT2D eigenvalue weighted by Crippen LogP contribution is -2.60. The van der Waals surface area contributed by atoms with Gasteiger partial charge >= 0.3 is 5.97 Å². The van der Waals surface area contributed by atoms with Crippen molar-refractivity contribution in [3.05, 3.63) is 29.8 Å². The van der Waals surface area contributed by atoms with Crippen LogP contribution in [-0.4, -0.2) is 29.3 Å². The number of ether oxygens (including phenoxy) is 1. The molecule has 2 rings (SSSR count). The Kier molecular flexibility index (Phi) is 4.33. The molecule has 0 aliphatic heterocycles. The molecule has 1 aliphatic carbocycles. The molecule has 4 heteroatoms. The number of aliphatic carboxylic acids is 1. The van der Waals surface area contributed by atoms with Gasteiger partial charge in [0.1, 0.15) is 12.4 Å². The fourth-order valence-corrected chi connectivity index (χ4v) is 2.58. The first-order chi connectivity index (χ1) is 9.45. The van der Waals surface area contributed by atoms with Gasteiger partial charge in [0.15, 0.2) is 5.54 Å². The number of para-hydroxylation sites is 1. The smallest absolute Gasteiger partial charge is 0.327 e. The zero-order valence-electron chi connectivity index (χ0n) is 12.3. The molecule has 1 atom stereocenters. The second-order valence-corrected chi connectivity index (χ2v) is 5.90. The lowest BCUT2D eigenvalue weighted by atomic mass is 9.93. The van der Waals surface area contributed by atoms with E-state index in [0.29, 0.717) is 0 Å².